The second-order valence-electron chi connectivity index (χ2n) is 7.12. The zero-order valence-electron chi connectivity index (χ0n) is 18.2. The fraction of sp³-hybridized carbons (Fsp3) is 0.182. The summed E-state index contributed by atoms with van der Waals surface area (Å²) in [5.74, 6) is -1.45. The van der Waals surface area contributed by atoms with Crippen molar-refractivity contribution in [3.8, 4) is 5.75 Å². The number of nitrogens with zero attached hydrogens (tertiary/aromatic N) is 3. The molecule has 0 radical (unpaired) electrons. The van der Waals surface area contributed by atoms with Crippen LogP contribution in [0.15, 0.2) is 59.2 Å². The minimum Gasteiger partial charge on any atom is -0.435 e. The van der Waals surface area contributed by atoms with Crippen molar-refractivity contribution >= 4 is 52.2 Å². The van der Waals surface area contributed by atoms with Crippen LogP contribution >= 0.6 is 11.8 Å². The average molecular weight is 490 g/mol. The van der Waals surface area contributed by atoms with E-state index >= 15 is 0 Å². The van der Waals surface area contributed by atoms with Crippen LogP contribution in [-0.4, -0.2) is 49.5 Å². The Hall–Kier alpha value is -3.93. The van der Waals surface area contributed by atoms with Gasteiger partial charge in [-0.15, -0.1) is 0 Å². The Labute approximate surface area is 198 Å². The molecule has 9 nitrogen and oxygen atoms in total. The van der Waals surface area contributed by atoms with Crippen molar-refractivity contribution in [3.63, 3.8) is 0 Å². The first-order valence-electron chi connectivity index (χ1n) is 9.83. The lowest BCUT2D eigenvalue weighted by Gasteiger charge is -2.18. The lowest BCUT2D eigenvalue weighted by molar-refractivity contribution is -0.117. The van der Waals surface area contributed by atoms with Crippen molar-refractivity contribution in [2.24, 2.45) is 10.7 Å². The van der Waals surface area contributed by atoms with Crippen LogP contribution in [-0.2, 0) is 9.59 Å². The molecule has 2 aromatic carbocycles. The van der Waals surface area contributed by atoms with Crippen molar-refractivity contribution < 1.29 is 27.9 Å². The number of carbonyl (C=O) groups is 3. The van der Waals surface area contributed by atoms with Crippen LogP contribution in [0.1, 0.15) is 5.56 Å². The second-order valence-corrected chi connectivity index (χ2v) is 8.07. The van der Waals surface area contributed by atoms with Crippen LogP contribution in [0, 0.1) is 0 Å². The number of hydrogen-bond donors (Lipinski definition) is 2. The van der Waals surface area contributed by atoms with Crippen molar-refractivity contribution in [1.29, 1.82) is 0 Å². The number of amidine groups is 1. The minimum atomic E-state index is -2.98. The van der Waals surface area contributed by atoms with Crippen LogP contribution in [0.4, 0.5) is 25.0 Å². The molecule has 3 N–H and O–H groups in total. The molecule has 178 valence electrons. The molecule has 0 saturated heterocycles. The van der Waals surface area contributed by atoms with Crippen molar-refractivity contribution in [3.05, 3.63) is 59.8 Å². The summed E-state index contributed by atoms with van der Waals surface area (Å²) < 4.78 is 29.2. The quantitative estimate of drug-likeness (QED) is 0.578. The largest absolute Gasteiger partial charge is 0.435 e. The number of aliphatic imine (C=N–C) groups is 1. The maximum absolute atomic E-state index is 13.2. The van der Waals surface area contributed by atoms with Gasteiger partial charge in [0.15, 0.2) is 5.17 Å². The van der Waals surface area contributed by atoms with E-state index in [0.29, 0.717) is 5.69 Å². The van der Waals surface area contributed by atoms with Gasteiger partial charge in [0.05, 0.1) is 11.4 Å². The molecule has 0 bridgehead atoms. The van der Waals surface area contributed by atoms with Crippen molar-refractivity contribution in [1.82, 2.24) is 5.32 Å². The number of hydrogen-bond acceptors (Lipinski definition) is 7. The van der Waals surface area contributed by atoms with Gasteiger partial charge in [0, 0.05) is 19.8 Å². The molecule has 0 aromatic heterocycles. The number of alkyl halides is 2. The highest BCUT2D eigenvalue weighted by Crippen LogP contribution is 2.31. The Balaban J connectivity index is 1.89. The molecular weight excluding hydrogens is 468 g/mol. The van der Waals surface area contributed by atoms with E-state index in [9.17, 15) is 23.2 Å². The third-order valence-electron chi connectivity index (χ3n) is 4.46. The summed E-state index contributed by atoms with van der Waals surface area (Å²) in [5.41, 5.74) is 7.11. The number of anilines is 2. The van der Waals surface area contributed by atoms with Gasteiger partial charge in [-0.05, 0) is 48.0 Å². The van der Waals surface area contributed by atoms with Gasteiger partial charge >= 0.3 is 12.6 Å². The first kappa shape index (κ1) is 24.7. The third kappa shape index (κ3) is 6.32. The Morgan fingerprint density at radius 2 is 1.82 bits per heavy atom. The summed E-state index contributed by atoms with van der Waals surface area (Å²) in [6.45, 7) is -2.98. The van der Waals surface area contributed by atoms with Gasteiger partial charge in [-0.1, -0.05) is 23.9 Å². The van der Waals surface area contributed by atoms with Gasteiger partial charge in [0.1, 0.15) is 11.4 Å². The summed E-state index contributed by atoms with van der Waals surface area (Å²) in [7, 11) is 3.82. The molecular formula is C22H21F2N5O4S. The standard InChI is InChI=1S/C22H21F2N5O4S/c1-28(2)14-5-3-13(4-6-14)11-17-19(31)29(15-7-9-16(10-8-15)33-20(23)24)22(26-17)34-12-18(30)27-21(25)32/h3-11,20H,12H2,1-2H3,(H3,25,27,30,32)/b17-11-. The van der Waals surface area contributed by atoms with E-state index in [-0.39, 0.29) is 22.4 Å². The third-order valence-corrected chi connectivity index (χ3v) is 5.40. The lowest BCUT2D eigenvalue weighted by atomic mass is 10.1. The van der Waals surface area contributed by atoms with E-state index in [1.807, 2.05) is 48.6 Å². The highest BCUT2D eigenvalue weighted by molar-refractivity contribution is 8.14. The molecule has 3 rings (SSSR count). The number of thioether (sulfide) groups is 1. The predicted molar refractivity (Wildman–Crippen MR) is 127 cm³/mol. The van der Waals surface area contributed by atoms with E-state index in [0.717, 1.165) is 23.0 Å². The summed E-state index contributed by atoms with van der Waals surface area (Å²) in [6, 6.07) is 11.9. The summed E-state index contributed by atoms with van der Waals surface area (Å²) in [6.07, 6.45) is 1.60. The summed E-state index contributed by atoms with van der Waals surface area (Å²) in [4.78, 5) is 43.4. The van der Waals surface area contributed by atoms with Crippen LogP contribution in [0.25, 0.3) is 6.08 Å². The second kappa shape index (κ2) is 10.8. The van der Waals surface area contributed by atoms with Gasteiger partial charge in [-0.3, -0.25) is 19.8 Å². The molecule has 1 aliphatic rings. The SMILES string of the molecule is CN(C)c1ccc(/C=C2\N=C(SCC(=O)NC(N)=O)N(c3ccc(OC(F)F)cc3)C2=O)cc1. The van der Waals surface area contributed by atoms with Crippen LogP contribution < -0.4 is 25.6 Å². The van der Waals surface area contributed by atoms with Crippen LogP contribution in [0.2, 0.25) is 0 Å². The Bertz CT molecular complexity index is 1130. The molecule has 0 aliphatic carbocycles. The number of nitrogens with two attached hydrogens (primary N) is 1. The van der Waals surface area contributed by atoms with Gasteiger partial charge in [-0.25, -0.2) is 9.79 Å². The number of urea groups is 1. The van der Waals surface area contributed by atoms with Gasteiger partial charge < -0.3 is 15.4 Å². The molecule has 1 aliphatic heterocycles. The first-order chi connectivity index (χ1) is 16.1. The number of rotatable bonds is 7. The smallest absolute Gasteiger partial charge is 0.387 e. The van der Waals surface area contributed by atoms with E-state index in [2.05, 4.69) is 9.73 Å². The molecule has 0 saturated carbocycles. The number of nitrogens with one attached hydrogen (secondary N) is 1. The number of halogens is 2. The molecule has 2 aromatic rings. The van der Waals surface area contributed by atoms with E-state index in [1.165, 1.54) is 29.2 Å². The number of imide groups is 1. The minimum absolute atomic E-state index is 0.0749. The molecule has 12 heteroatoms. The van der Waals surface area contributed by atoms with Crippen LogP contribution in [0.3, 0.4) is 0 Å². The molecule has 0 fully saturated rings. The Morgan fingerprint density at radius 1 is 1.18 bits per heavy atom. The molecule has 0 atom stereocenters. The molecule has 4 amide bonds. The average Bonchev–Trinajstić information content (AvgIpc) is 3.07. The zero-order valence-corrected chi connectivity index (χ0v) is 19.0. The fourth-order valence-electron chi connectivity index (χ4n) is 2.93. The Morgan fingerprint density at radius 3 is 2.38 bits per heavy atom. The monoisotopic (exact) mass is 489 g/mol. The van der Waals surface area contributed by atoms with E-state index in [1.54, 1.807) is 6.08 Å². The summed E-state index contributed by atoms with van der Waals surface area (Å²) in [5, 5.41) is 2.11. The van der Waals surface area contributed by atoms with Gasteiger partial charge in [0.25, 0.3) is 5.91 Å². The van der Waals surface area contributed by atoms with E-state index < -0.39 is 24.5 Å². The maximum atomic E-state index is 13.2. The normalized spacial score (nSPS) is 14.4. The highest BCUT2D eigenvalue weighted by Gasteiger charge is 2.32. The fourth-order valence-corrected chi connectivity index (χ4v) is 3.74. The summed E-state index contributed by atoms with van der Waals surface area (Å²) >= 11 is 0.913. The van der Waals surface area contributed by atoms with Crippen molar-refractivity contribution in [2.45, 2.75) is 6.61 Å². The van der Waals surface area contributed by atoms with Gasteiger partial charge in [0.2, 0.25) is 5.91 Å². The number of primary amides is 1. The predicted octanol–water partition coefficient (Wildman–Crippen LogP) is 3.03. The number of benzene rings is 2. The Kier molecular flexibility index (Phi) is 7.84. The zero-order chi connectivity index (χ0) is 24.8. The lowest BCUT2D eigenvalue weighted by Crippen LogP contribution is -2.37. The first-order valence-corrected chi connectivity index (χ1v) is 10.8. The topological polar surface area (TPSA) is 117 Å². The number of ether oxygens (including phenoxy) is 1. The van der Waals surface area contributed by atoms with Gasteiger partial charge in [-0.2, -0.15) is 8.78 Å². The number of carbonyl (C=O) groups excluding carboxylic acids is 3. The molecule has 34 heavy (non-hydrogen) atoms. The molecule has 0 unspecified atom stereocenters. The maximum Gasteiger partial charge on any atom is 0.387 e. The van der Waals surface area contributed by atoms with Crippen LogP contribution in [0.5, 0.6) is 5.75 Å². The van der Waals surface area contributed by atoms with Crippen molar-refractivity contribution in [2.75, 3.05) is 29.6 Å². The number of amides is 4. The molecule has 1 heterocycles. The molecule has 0 spiro atoms. The highest BCUT2D eigenvalue weighted by atomic mass is 32.2. The van der Waals surface area contributed by atoms with E-state index in [4.69, 9.17) is 5.73 Å².